The van der Waals surface area contributed by atoms with Gasteiger partial charge in [-0.05, 0) is 24.3 Å². The van der Waals surface area contributed by atoms with Crippen molar-refractivity contribution in [2.75, 3.05) is 0 Å². The standard InChI is InChI=1S/C15H12N2O6S/c1-2-15(19)23-10-7-8-11(13(18)9-10)16-17-12-5-3-4-6-14(12)24(20,21)22/h2-9,18H,1H2,(H,20,21,22). The number of benzene rings is 2. The number of ether oxygens (including phenoxy) is 1. The highest BCUT2D eigenvalue weighted by Gasteiger charge is 2.14. The Hall–Kier alpha value is -3.04. The first-order valence-corrected chi connectivity index (χ1v) is 7.91. The lowest BCUT2D eigenvalue weighted by molar-refractivity contribution is -0.128. The lowest BCUT2D eigenvalue weighted by atomic mass is 10.3. The molecule has 2 aromatic rings. The van der Waals surface area contributed by atoms with Crippen LogP contribution in [-0.4, -0.2) is 24.0 Å². The molecule has 0 heterocycles. The van der Waals surface area contributed by atoms with Gasteiger partial charge >= 0.3 is 5.97 Å². The summed E-state index contributed by atoms with van der Waals surface area (Å²) in [4.78, 5) is 10.7. The van der Waals surface area contributed by atoms with Gasteiger partial charge in [-0.25, -0.2) is 4.79 Å². The zero-order valence-electron chi connectivity index (χ0n) is 12.2. The van der Waals surface area contributed by atoms with Crippen LogP contribution in [-0.2, 0) is 14.9 Å². The van der Waals surface area contributed by atoms with E-state index in [1.165, 1.54) is 36.4 Å². The largest absolute Gasteiger partial charge is 0.505 e. The topological polar surface area (TPSA) is 126 Å². The van der Waals surface area contributed by atoms with Crippen LogP contribution in [0.5, 0.6) is 11.5 Å². The van der Waals surface area contributed by atoms with Crippen LogP contribution in [0.2, 0.25) is 0 Å². The van der Waals surface area contributed by atoms with E-state index in [1.54, 1.807) is 0 Å². The van der Waals surface area contributed by atoms with Crippen molar-refractivity contribution in [1.82, 2.24) is 0 Å². The number of azo groups is 1. The Labute approximate surface area is 137 Å². The summed E-state index contributed by atoms with van der Waals surface area (Å²) in [5.74, 6) is -0.946. The Bertz CT molecular complexity index is 921. The molecule has 0 unspecified atom stereocenters. The van der Waals surface area contributed by atoms with E-state index in [2.05, 4.69) is 16.8 Å². The van der Waals surface area contributed by atoms with Crippen molar-refractivity contribution in [2.45, 2.75) is 4.90 Å². The fourth-order valence-electron chi connectivity index (χ4n) is 1.67. The van der Waals surface area contributed by atoms with Gasteiger partial charge in [0.05, 0.1) is 0 Å². The number of phenols is 1. The summed E-state index contributed by atoms with van der Waals surface area (Å²) in [6, 6.07) is 9.27. The van der Waals surface area contributed by atoms with E-state index in [1.807, 2.05) is 0 Å². The van der Waals surface area contributed by atoms with Gasteiger partial charge in [-0.3, -0.25) is 4.55 Å². The molecule has 2 rings (SSSR count). The summed E-state index contributed by atoms with van der Waals surface area (Å²) >= 11 is 0. The second kappa shape index (κ2) is 7.02. The van der Waals surface area contributed by atoms with E-state index in [9.17, 15) is 18.3 Å². The summed E-state index contributed by atoms with van der Waals surface area (Å²) in [7, 11) is -4.45. The SMILES string of the molecule is C=CC(=O)Oc1ccc(N=Nc2ccccc2S(=O)(=O)O)c(O)c1. The third-order valence-corrected chi connectivity index (χ3v) is 3.64. The van der Waals surface area contributed by atoms with Crippen molar-refractivity contribution < 1.29 is 27.6 Å². The van der Waals surface area contributed by atoms with Gasteiger partial charge in [0, 0.05) is 12.1 Å². The number of aromatic hydroxyl groups is 1. The predicted molar refractivity (Wildman–Crippen MR) is 84.4 cm³/mol. The molecule has 0 atom stereocenters. The molecule has 0 saturated heterocycles. The minimum Gasteiger partial charge on any atom is -0.505 e. The fourth-order valence-corrected chi connectivity index (χ4v) is 2.30. The first kappa shape index (κ1) is 17.3. The van der Waals surface area contributed by atoms with E-state index in [0.717, 1.165) is 12.1 Å². The molecule has 0 aromatic heterocycles. The monoisotopic (exact) mass is 348 g/mol. The molecule has 0 aliphatic carbocycles. The van der Waals surface area contributed by atoms with Crippen LogP contribution < -0.4 is 4.74 Å². The number of hydrogen-bond acceptors (Lipinski definition) is 7. The molecular formula is C15H12N2O6S. The number of nitrogens with zero attached hydrogens (tertiary/aromatic N) is 2. The summed E-state index contributed by atoms with van der Waals surface area (Å²) < 4.78 is 36.5. The highest BCUT2D eigenvalue weighted by molar-refractivity contribution is 7.86. The number of carbonyl (C=O) groups is 1. The van der Waals surface area contributed by atoms with Crippen LogP contribution in [0.1, 0.15) is 0 Å². The lowest BCUT2D eigenvalue weighted by Crippen LogP contribution is -2.02. The third-order valence-electron chi connectivity index (χ3n) is 2.74. The summed E-state index contributed by atoms with van der Waals surface area (Å²) in [5.41, 5.74) is -0.0832. The van der Waals surface area contributed by atoms with Gasteiger partial charge in [-0.2, -0.15) is 8.42 Å². The molecule has 0 saturated carbocycles. The first-order valence-electron chi connectivity index (χ1n) is 6.47. The first-order chi connectivity index (χ1) is 11.3. The Morgan fingerprint density at radius 1 is 1.12 bits per heavy atom. The Morgan fingerprint density at radius 3 is 2.42 bits per heavy atom. The van der Waals surface area contributed by atoms with Crippen molar-refractivity contribution in [3.05, 3.63) is 55.1 Å². The average Bonchev–Trinajstić information content (AvgIpc) is 2.53. The number of rotatable bonds is 5. The van der Waals surface area contributed by atoms with Crippen molar-refractivity contribution in [1.29, 1.82) is 0 Å². The second-order valence-corrected chi connectivity index (χ2v) is 5.81. The number of phenolic OH excluding ortho intramolecular Hbond substituents is 1. The maximum atomic E-state index is 11.3. The molecule has 2 N–H and O–H groups in total. The Kier molecular flexibility index (Phi) is 5.07. The van der Waals surface area contributed by atoms with Crippen molar-refractivity contribution >= 4 is 27.5 Å². The molecule has 24 heavy (non-hydrogen) atoms. The Balaban J connectivity index is 2.31. The van der Waals surface area contributed by atoms with Gasteiger partial charge in [-0.15, -0.1) is 10.2 Å². The van der Waals surface area contributed by atoms with Crippen LogP contribution in [0.3, 0.4) is 0 Å². The molecule has 0 radical (unpaired) electrons. The Morgan fingerprint density at radius 2 is 1.79 bits per heavy atom. The lowest BCUT2D eigenvalue weighted by Gasteiger charge is -2.04. The van der Waals surface area contributed by atoms with E-state index in [4.69, 9.17) is 9.29 Å². The van der Waals surface area contributed by atoms with E-state index in [-0.39, 0.29) is 22.9 Å². The fraction of sp³-hybridized carbons (Fsp3) is 0. The molecule has 0 amide bonds. The number of carbonyl (C=O) groups excluding carboxylic acids is 1. The number of esters is 1. The average molecular weight is 348 g/mol. The normalized spacial score (nSPS) is 11.4. The molecule has 0 spiro atoms. The van der Waals surface area contributed by atoms with E-state index >= 15 is 0 Å². The summed E-state index contributed by atoms with van der Waals surface area (Å²) in [5, 5.41) is 17.3. The minimum absolute atomic E-state index is 0.0125. The molecule has 0 bridgehead atoms. The minimum atomic E-state index is -4.45. The number of hydrogen-bond donors (Lipinski definition) is 2. The summed E-state index contributed by atoms with van der Waals surface area (Å²) in [6.45, 7) is 3.25. The molecule has 124 valence electrons. The predicted octanol–water partition coefficient (Wildman–Crippen LogP) is 3.15. The van der Waals surface area contributed by atoms with Crippen LogP contribution in [0, 0.1) is 0 Å². The highest BCUT2D eigenvalue weighted by atomic mass is 32.2. The van der Waals surface area contributed by atoms with Crippen molar-refractivity contribution in [2.24, 2.45) is 10.2 Å². The molecule has 0 aliphatic rings. The molecule has 9 heteroatoms. The van der Waals surface area contributed by atoms with Gasteiger partial charge < -0.3 is 9.84 Å². The van der Waals surface area contributed by atoms with Crippen molar-refractivity contribution in [3.63, 3.8) is 0 Å². The summed E-state index contributed by atoms with van der Waals surface area (Å²) in [6.07, 6.45) is 0.969. The molecule has 0 aliphatic heterocycles. The van der Waals surface area contributed by atoms with E-state index in [0.29, 0.717) is 0 Å². The molecule has 0 fully saturated rings. The zero-order valence-corrected chi connectivity index (χ0v) is 13.0. The van der Waals surface area contributed by atoms with Gasteiger partial charge in [0.1, 0.15) is 27.8 Å². The van der Waals surface area contributed by atoms with Crippen molar-refractivity contribution in [3.8, 4) is 11.5 Å². The highest BCUT2D eigenvalue weighted by Crippen LogP contribution is 2.33. The molecule has 2 aromatic carbocycles. The van der Waals surface area contributed by atoms with Crippen LogP contribution in [0.4, 0.5) is 11.4 Å². The molecular weight excluding hydrogens is 336 g/mol. The zero-order chi connectivity index (χ0) is 17.7. The second-order valence-electron chi connectivity index (χ2n) is 4.42. The smallest absolute Gasteiger partial charge is 0.335 e. The van der Waals surface area contributed by atoms with Crippen LogP contribution in [0.15, 0.2) is 70.2 Å². The van der Waals surface area contributed by atoms with Gasteiger partial charge in [0.2, 0.25) is 0 Å². The van der Waals surface area contributed by atoms with Crippen LogP contribution in [0.25, 0.3) is 0 Å². The maximum absolute atomic E-state index is 11.3. The van der Waals surface area contributed by atoms with Gasteiger partial charge in [-0.1, -0.05) is 18.7 Å². The van der Waals surface area contributed by atoms with Gasteiger partial charge in [0.15, 0.2) is 0 Å². The van der Waals surface area contributed by atoms with E-state index < -0.39 is 21.0 Å². The van der Waals surface area contributed by atoms with Crippen LogP contribution >= 0.6 is 0 Å². The maximum Gasteiger partial charge on any atom is 0.335 e. The van der Waals surface area contributed by atoms with Gasteiger partial charge in [0.25, 0.3) is 10.1 Å². The third kappa shape index (κ3) is 4.24. The quantitative estimate of drug-likeness (QED) is 0.281. The molecule has 8 nitrogen and oxygen atoms in total.